The van der Waals surface area contributed by atoms with E-state index in [0.29, 0.717) is 6.42 Å². The Morgan fingerprint density at radius 3 is 2.10 bits per heavy atom. The van der Waals surface area contributed by atoms with Crippen molar-refractivity contribution in [2.45, 2.75) is 39.3 Å². The van der Waals surface area contributed by atoms with Gasteiger partial charge < -0.3 is 10.6 Å². The van der Waals surface area contributed by atoms with Gasteiger partial charge in [-0.3, -0.25) is 9.59 Å². The molecular formula is C25H28N2O2. The number of amides is 2. The third-order valence-corrected chi connectivity index (χ3v) is 4.93. The molecule has 3 rings (SSSR count). The number of rotatable bonds is 7. The summed E-state index contributed by atoms with van der Waals surface area (Å²) in [4.78, 5) is 25.4. The van der Waals surface area contributed by atoms with Gasteiger partial charge in [0, 0.05) is 6.42 Å². The Balaban J connectivity index is 1.78. The lowest BCUT2D eigenvalue weighted by Crippen LogP contribution is -2.41. The Labute approximate surface area is 172 Å². The minimum atomic E-state index is -0.717. The van der Waals surface area contributed by atoms with Crippen LogP contribution in [0.4, 0.5) is 0 Å². The molecule has 0 aromatic heterocycles. The molecule has 0 heterocycles. The van der Waals surface area contributed by atoms with Gasteiger partial charge in [0.25, 0.3) is 0 Å². The molecule has 4 heteroatoms. The predicted octanol–water partition coefficient (Wildman–Crippen LogP) is 4.92. The van der Waals surface area contributed by atoms with Crippen molar-refractivity contribution < 1.29 is 9.59 Å². The van der Waals surface area contributed by atoms with E-state index in [1.165, 1.54) is 0 Å². The zero-order valence-electron chi connectivity index (χ0n) is 17.2. The van der Waals surface area contributed by atoms with Gasteiger partial charge in [-0.15, -0.1) is 0 Å². The first-order chi connectivity index (χ1) is 13.9. The summed E-state index contributed by atoms with van der Waals surface area (Å²) in [5.74, 6) is -0.109. The van der Waals surface area contributed by atoms with E-state index in [9.17, 15) is 9.59 Å². The van der Waals surface area contributed by atoms with Gasteiger partial charge in [0.05, 0.1) is 6.04 Å². The van der Waals surface area contributed by atoms with Crippen LogP contribution in [0.25, 0.3) is 10.8 Å². The van der Waals surface area contributed by atoms with Crippen LogP contribution in [-0.4, -0.2) is 11.8 Å². The summed E-state index contributed by atoms with van der Waals surface area (Å²) in [6.07, 6.45) is 0.386. The number of fused-ring (bicyclic) bond motifs is 1. The Morgan fingerprint density at radius 2 is 1.41 bits per heavy atom. The molecular weight excluding hydrogens is 360 g/mol. The van der Waals surface area contributed by atoms with Crippen LogP contribution in [0.1, 0.15) is 50.4 Å². The average molecular weight is 389 g/mol. The summed E-state index contributed by atoms with van der Waals surface area (Å²) >= 11 is 0. The molecule has 0 spiro atoms. The van der Waals surface area contributed by atoms with Crippen molar-refractivity contribution in [1.29, 1.82) is 0 Å². The average Bonchev–Trinajstić information content (AvgIpc) is 2.71. The first kappa shape index (κ1) is 20.6. The third-order valence-electron chi connectivity index (χ3n) is 4.93. The highest BCUT2D eigenvalue weighted by Crippen LogP contribution is 2.22. The fourth-order valence-electron chi connectivity index (χ4n) is 3.39. The lowest BCUT2D eigenvalue weighted by Gasteiger charge is -2.22. The summed E-state index contributed by atoms with van der Waals surface area (Å²) in [6, 6.07) is 22.8. The van der Waals surface area contributed by atoms with Crippen molar-refractivity contribution in [2.75, 3.05) is 0 Å². The maximum atomic E-state index is 13.1. The molecule has 2 unspecified atom stereocenters. The maximum Gasteiger partial charge on any atom is 0.247 e. The number of nitrogens with one attached hydrogen (secondary N) is 2. The van der Waals surface area contributed by atoms with E-state index in [2.05, 4.69) is 34.9 Å². The number of hydrogen-bond acceptors (Lipinski definition) is 2. The van der Waals surface area contributed by atoms with E-state index in [0.717, 1.165) is 21.9 Å². The van der Waals surface area contributed by atoms with Crippen LogP contribution in [0.15, 0.2) is 72.8 Å². The second kappa shape index (κ2) is 9.37. The first-order valence-corrected chi connectivity index (χ1v) is 10.1. The molecule has 2 N–H and O–H groups in total. The third kappa shape index (κ3) is 5.44. The Hall–Kier alpha value is -3.14. The Kier molecular flexibility index (Phi) is 6.65. The summed E-state index contributed by atoms with van der Waals surface area (Å²) in [7, 11) is 0. The summed E-state index contributed by atoms with van der Waals surface area (Å²) in [5.41, 5.74) is 1.80. The molecule has 29 heavy (non-hydrogen) atoms. The largest absolute Gasteiger partial charge is 0.347 e. The number of hydrogen-bond donors (Lipinski definition) is 2. The fraction of sp³-hybridized carbons (Fsp3) is 0.280. The summed E-state index contributed by atoms with van der Waals surface area (Å²) in [5, 5.41) is 8.26. The van der Waals surface area contributed by atoms with Crippen molar-refractivity contribution >= 4 is 22.6 Å². The van der Waals surface area contributed by atoms with Gasteiger partial charge in [0.15, 0.2) is 0 Å². The normalized spacial score (nSPS) is 13.1. The van der Waals surface area contributed by atoms with E-state index in [1.807, 2.05) is 69.3 Å². The Bertz CT molecular complexity index is 982. The van der Waals surface area contributed by atoms with Crippen molar-refractivity contribution in [1.82, 2.24) is 10.6 Å². The molecule has 2 amide bonds. The van der Waals surface area contributed by atoms with E-state index in [-0.39, 0.29) is 23.8 Å². The van der Waals surface area contributed by atoms with Gasteiger partial charge in [-0.1, -0.05) is 80.6 Å². The minimum absolute atomic E-state index is 0.123. The van der Waals surface area contributed by atoms with Gasteiger partial charge in [-0.05, 0) is 40.8 Å². The fourth-order valence-corrected chi connectivity index (χ4v) is 3.39. The molecule has 0 bridgehead atoms. The van der Waals surface area contributed by atoms with Crippen LogP contribution in [-0.2, 0) is 9.59 Å². The van der Waals surface area contributed by atoms with Gasteiger partial charge in [-0.25, -0.2) is 0 Å². The highest BCUT2D eigenvalue weighted by molar-refractivity contribution is 5.89. The van der Waals surface area contributed by atoms with Crippen LogP contribution in [0.2, 0.25) is 0 Å². The van der Waals surface area contributed by atoms with E-state index in [1.54, 1.807) is 0 Å². The van der Waals surface area contributed by atoms with Crippen molar-refractivity contribution in [3.05, 3.63) is 83.9 Å². The molecule has 0 fully saturated rings. The molecule has 0 radical (unpaired) electrons. The number of carbonyl (C=O) groups excluding carboxylic acids is 2. The van der Waals surface area contributed by atoms with Crippen LogP contribution in [0.5, 0.6) is 0 Å². The van der Waals surface area contributed by atoms with Crippen molar-refractivity contribution in [3.8, 4) is 0 Å². The highest BCUT2D eigenvalue weighted by atomic mass is 16.2. The molecule has 0 aliphatic carbocycles. The first-order valence-electron chi connectivity index (χ1n) is 10.1. The van der Waals surface area contributed by atoms with Gasteiger partial charge in [0.2, 0.25) is 11.8 Å². The van der Waals surface area contributed by atoms with E-state index >= 15 is 0 Å². The number of carbonyl (C=O) groups is 2. The van der Waals surface area contributed by atoms with Crippen LogP contribution in [0.3, 0.4) is 0 Å². The molecule has 0 saturated carbocycles. The SMILES string of the molecule is CC(C)CC(=O)NC(C(=O)NC(C)c1ccc2ccccc2c1)c1ccccc1. The van der Waals surface area contributed by atoms with E-state index in [4.69, 9.17) is 0 Å². The molecule has 150 valence electrons. The van der Waals surface area contributed by atoms with Gasteiger partial charge >= 0.3 is 0 Å². The zero-order chi connectivity index (χ0) is 20.8. The number of benzene rings is 3. The monoisotopic (exact) mass is 388 g/mol. The summed E-state index contributed by atoms with van der Waals surface area (Å²) in [6.45, 7) is 5.93. The molecule has 0 aliphatic heterocycles. The van der Waals surface area contributed by atoms with Gasteiger partial charge in [-0.2, -0.15) is 0 Å². The zero-order valence-corrected chi connectivity index (χ0v) is 17.2. The molecule has 3 aromatic rings. The maximum absolute atomic E-state index is 13.1. The predicted molar refractivity (Wildman–Crippen MR) is 117 cm³/mol. The second-order valence-corrected chi connectivity index (χ2v) is 7.85. The van der Waals surface area contributed by atoms with Crippen molar-refractivity contribution in [3.63, 3.8) is 0 Å². The second-order valence-electron chi connectivity index (χ2n) is 7.85. The lowest BCUT2D eigenvalue weighted by atomic mass is 10.0. The standard InChI is InChI=1S/C25H28N2O2/c1-17(2)15-23(28)27-24(20-10-5-4-6-11-20)25(29)26-18(3)21-14-13-19-9-7-8-12-22(19)16-21/h4-14,16-18,24H,15H2,1-3H3,(H,26,29)(H,27,28). The summed E-state index contributed by atoms with van der Waals surface area (Å²) < 4.78 is 0. The van der Waals surface area contributed by atoms with Crippen LogP contribution >= 0.6 is 0 Å². The smallest absolute Gasteiger partial charge is 0.247 e. The topological polar surface area (TPSA) is 58.2 Å². The molecule has 0 aliphatic rings. The minimum Gasteiger partial charge on any atom is -0.347 e. The van der Waals surface area contributed by atoms with Crippen LogP contribution < -0.4 is 10.6 Å². The molecule has 3 aromatic carbocycles. The molecule has 2 atom stereocenters. The van der Waals surface area contributed by atoms with E-state index < -0.39 is 6.04 Å². The molecule has 4 nitrogen and oxygen atoms in total. The lowest BCUT2D eigenvalue weighted by molar-refractivity contribution is -0.130. The highest BCUT2D eigenvalue weighted by Gasteiger charge is 2.24. The van der Waals surface area contributed by atoms with Crippen molar-refractivity contribution in [2.24, 2.45) is 5.92 Å². The molecule has 0 saturated heterocycles. The quantitative estimate of drug-likeness (QED) is 0.603. The Morgan fingerprint density at radius 1 is 0.759 bits per heavy atom. The van der Waals surface area contributed by atoms with Crippen LogP contribution in [0, 0.1) is 5.92 Å². The van der Waals surface area contributed by atoms with Gasteiger partial charge in [0.1, 0.15) is 6.04 Å².